The molecular formula is C17H19N3O5. The van der Waals surface area contributed by atoms with Gasteiger partial charge < -0.3 is 9.47 Å². The van der Waals surface area contributed by atoms with Gasteiger partial charge in [-0.15, -0.1) is 0 Å². The van der Waals surface area contributed by atoms with Crippen molar-refractivity contribution in [2.45, 2.75) is 32.2 Å². The number of nitrogens with one attached hydrogen (secondary N) is 1. The highest BCUT2D eigenvalue weighted by Gasteiger charge is 2.56. The van der Waals surface area contributed by atoms with E-state index in [2.05, 4.69) is 10.5 Å². The summed E-state index contributed by atoms with van der Waals surface area (Å²) < 4.78 is 10.3. The molecule has 1 fully saturated rings. The Balaban J connectivity index is 1.78. The highest BCUT2D eigenvalue weighted by Crippen LogP contribution is 2.35. The number of hydrogen-bond donors (Lipinski definition) is 1. The predicted octanol–water partition coefficient (Wildman–Crippen LogP) is 1.000. The Hall–Kier alpha value is -2.90. The Bertz CT molecular complexity index is 743. The zero-order chi connectivity index (χ0) is 18.0. The van der Waals surface area contributed by atoms with Gasteiger partial charge in [-0.25, -0.2) is 9.69 Å². The van der Waals surface area contributed by atoms with Crippen molar-refractivity contribution in [3.63, 3.8) is 0 Å². The molecule has 2 heterocycles. The molecule has 1 saturated heterocycles. The van der Waals surface area contributed by atoms with Gasteiger partial charge in [0.25, 0.3) is 5.91 Å². The fourth-order valence-electron chi connectivity index (χ4n) is 2.96. The average Bonchev–Trinajstić information content (AvgIpc) is 3.12. The van der Waals surface area contributed by atoms with Crippen LogP contribution in [0.3, 0.4) is 0 Å². The van der Waals surface area contributed by atoms with Crippen molar-refractivity contribution >= 4 is 29.2 Å². The van der Waals surface area contributed by atoms with Crippen LogP contribution in [0.5, 0.6) is 5.75 Å². The largest absolute Gasteiger partial charge is 0.494 e. The van der Waals surface area contributed by atoms with Gasteiger partial charge >= 0.3 is 5.97 Å². The molecule has 0 saturated carbocycles. The molecule has 1 spiro atoms. The molecule has 25 heavy (non-hydrogen) atoms. The molecule has 2 aliphatic heterocycles. The fraction of sp³-hybridized carbons (Fsp3) is 0.412. The number of nitrogens with zero attached hydrogens (tertiary/aromatic N) is 2. The van der Waals surface area contributed by atoms with Gasteiger partial charge in [0.2, 0.25) is 5.91 Å². The number of esters is 1. The van der Waals surface area contributed by atoms with Crippen LogP contribution in [0, 0.1) is 0 Å². The molecular weight excluding hydrogens is 326 g/mol. The number of anilines is 1. The van der Waals surface area contributed by atoms with Crippen LogP contribution in [0.2, 0.25) is 0 Å². The summed E-state index contributed by atoms with van der Waals surface area (Å²) in [4.78, 5) is 38.2. The van der Waals surface area contributed by atoms with Gasteiger partial charge in [-0.1, -0.05) is 0 Å². The topological polar surface area (TPSA) is 97.3 Å². The summed E-state index contributed by atoms with van der Waals surface area (Å²) in [7, 11) is 0. The number of imide groups is 1. The van der Waals surface area contributed by atoms with Gasteiger partial charge in [-0.3, -0.25) is 15.0 Å². The second-order valence-corrected chi connectivity index (χ2v) is 5.79. The lowest BCUT2D eigenvalue weighted by atomic mass is 9.93. The van der Waals surface area contributed by atoms with E-state index in [9.17, 15) is 14.4 Å². The van der Waals surface area contributed by atoms with Crippen LogP contribution in [0.1, 0.15) is 26.7 Å². The van der Waals surface area contributed by atoms with E-state index in [4.69, 9.17) is 9.47 Å². The first-order valence-electron chi connectivity index (χ1n) is 8.12. The van der Waals surface area contributed by atoms with E-state index in [1.165, 1.54) is 0 Å². The first-order chi connectivity index (χ1) is 12.0. The predicted molar refractivity (Wildman–Crippen MR) is 89.3 cm³/mol. The average molecular weight is 345 g/mol. The minimum absolute atomic E-state index is 0.0317. The highest BCUT2D eigenvalue weighted by molar-refractivity contribution is 6.39. The molecule has 132 valence electrons. The first kappa shape index (κ1) is 16.9. The number of hydrogen-bond acceptors (Lipinski definition) is 7. The molecule has 0 unspecified atom stereocenters. The van der Waals surface area contributed by atoms with E-state index in [0.717, 1.165) is 4.90 Å². The Morgan fingerprint density at radius 3 is 2.56 bits per heavy atom. The lowest BCUT2D eigenvalue weighted by Gasteiger charge is -2.21. The Kier molecular flexibility index (Phi) is 4.43. The molecule has 1 aromatic rings. The minimum Gasteiger partial charge on any atom is -0.494 e. The maximum atomic E-state index is 12.9. The molecule has 0 aliphatic carbocycles. The molecule has 1 atom stereocenters. The number of ether oxygens (including phenoxy) is 2. The normalized spacial score (nSPS) is 22.2. The number of amides is 2. The van der Waals surface area contributed by atoms with E-state index in [0.29, 0.717) is 18.0 Å². The highest BCUT2D eigenvalue weighted by atomic mass is 16.5. The molecule has 1 aromatic carbocycles. The zero-order valence-electron chi connectivity index (χ0n) is 14.1. The van der Waals surface area contributed by atoms with Crippen LogP contribution in [-0.4, -0.2) is 42.2 Å². The zero-order valence-corrected chi connectivity index (χ0v) is 14.1. The van der Waals surface area contributed by atoms with E-state index >= 15 is 0 Å². The molecule has 8 nitrogen and oxygen atoms in total. The van der Waals surface area contributed by atoms with Crippen LogP contribution in [0.25, 0.3) is 0 Å². The Morgan fingerprint density at radius 1 is 1.20 bits per heavy atom. The molecule has 2 amide bonds. The van der Waals surface area contributed by atoms with Crippen molar-refractivity contribution in [3.8, 4) is 5.75 Å². The van der Waals surface area contributed by atoms with Crippen LogP contribution in [-0.2, 0) is 19.1 Å². The van der Waals surface area contributed by atoms with Crippen LogP contribution < -0.4 is 15.1 Å². The number of rotatable bonds is 5. The van der Waals surface area contributed by atoms with Gasteiger partial charge in [0.1, 0.15) is 17.0 Å². The second-order valence-electron chi connectivity index (χ2n) is 5.79. The van der Waals surface area contributed by atoms with Crippen molar-refractivity contribution in [2.75, 3.05) is 18.1 Å². The number of carbonyl (C=O) groups is 3. The van der Waals surface area contributed by atoms with Crippen molar-refractivity contribution in [1.29, 1.82) is 0 Å². The monoisotopic (exact) mass is 345 g/mol. The summed E-state index contributed by atoms with van der Waals surface area (Å²) in [6, 6.07) is 6.71. The van der Waals surface area contributed by atoms with Crippen LogP contribution in [0.4, 0.5) is 5.69 Å². The number of benzene rings is 1. The van der Waals surface area contributed by atoms with Gasteiger partial charge in [0, 0.05) is 6.42 Å². The lowest BCUT2D eigenvalue weighted by molar-refractivity contribution is -0.135. The summed E-state index contributed by atoms with van der Waals surface area (Å²) in [5, 5.41) is 3.91. The molecule has 1 N–H and O–H groups in total. The standard InChI is InChI=1S/C17H19N3O5/c1-3-24-12-7-5-11(6-8-12)20-14(21)10-17(16(20)23)9-13(18-19-17)15(22)25-4-2/h5-8,19H,3-4,9-10H2,1-2H3/t17-/m0/s1. The second kappa shape index (κ2) is 6.54. The van der Waals surface area contributed by atoms with E-state index in [1.807, 2.05) is 6.92 Å². The molecule has 0 aromatic heterocycles. The molecule has 3 rings (SSSR count). The summed E-state index contributed by atoms with van der Waals surface area (Å²) >= 11 is 0. The first-order valence-corrected chi connectivity index (χ1v) is 8.12. The van der Waals surface area contributed by atoms with E-state index < -0.39 is 17.4 Å². The maximum absolute atomic E-state index is 12.9. The van der Waals surface area contributed by atoms with Crippen LogP contribution >= 0.6 is 0 Å². The number of carbonyl (C=O) groups excluding carboxylic acids is 3. The van der Waals surface area contributed by atoms with Gasteiger partial charge in [0.15, 0.2) is 0 Å². The maximum Gasteiger partial charge on any atom is 0.354 e. The molecule has 0 bridgehead atoms. The number of hydrazone groups is 1. The SMILES string of the molecule is CCOC(=O)C1=NN[C@]2(CC(=O)N(c3ccc(OCC)cc3)C2=O)C1. The van der Waals surface area contributed by atoms with Crippen molar-refractivity contribution in [1.82, 2.24) is 5.43 Å². The van der Waals surface area contributed by atoms with Crippen molar-refractivity contribution in [2.24, 2.45) is 5.10 Å². The quantitative estimate of drug-likeness (QED) is 0.632. The van der Waals surface area contributed by atoms with Crippen molar-refractivity contribution < 1.29 is 23.9 Å². The summed E-state index contributed by atoms with van der Waals surface area (Å²) in [5.74, 6) is -0.690. The third kappa shape index (κ3) is 2.95. The molecule has 0 radical (unpaired) electrons. The van der Waals surface area contributed by atoms with Gasteiger partial charge in [0.05, 0.1) is 25.3 Å². The molecule has 2 aliphatic rings. The van der Waals surface area contributed by atoms with E-state index in [-0.39, 0.29) is 31.1 Å². The fourth-order valence-corrected chi connectivity index (χ4v) is 2.96. The Labute approximate surface area is 144 Å². The van der Waals surface area contributed by atoms with Gasteiger partial charge in [-0.05, 0) is 38.1 Å². The third-order valence-electron chi connectivity index (χ3n) is 4.11. The Morgan fingerprint density at radius 2 is 1.92 bits per heavy atom. The minimum atomic E-state index is -1.21. The smallest absolute Gasteiger partial charge is 0.354 e. The van der Waals surface area contributed by atoms with Crippen molar-refractivity contribution in [3.05, 3.63) is 24.3 Å². The lowest BCUT2D eigenvalue weighted by Crippen LogP contribution is -2.47. The molecule has 8 heteroatoms. The summed E-state index contributed by atoms with van der Waals surface area (Å²) in [5.41, 5.74) is 2.05. The van der Waals surface area contributed by atoms with Gasteiger partial charge in [-0.2, -0.15) is 5.10 Å². The third-order valence-corrected chi connectivity index (χ3v) is 4.11. The van der Waals surface area contributed by atoms with E-state index in [1.54, 1.807) is 31.2 Å². The van der Waals surface area contributed by atoms with Crippen LogP contribution in [0.15, 0.2) is 29.4 Å². The summed E-state index contributed by atoms with van der Waals surface area (Å²) in [6.07, 6.45) is -0.0324. The summed E-state index contributed by atoms with van der Waals surface area (Å²) in [6.45, 7) is 4.31.